The van der Waals surface area contributed by atoms with Crippen LogP contribution < -0.4 is 0 Å². The van der Waals surface area contributed by atoms with Crippen LogP contribution in [0.5, 0.6) is 0 Å². The standard InChI is InChI=1S/C25H19N/c1-2-26-24-14-17-8-4-3-7-16(17)12-22(24)23-13-19-11-18-9-5-6-10-20(18)21(19)15-25(23)26/h3-10,12-15H,2,11H2,1H3. The summed E-state index contributed by atoms with van der Waals surface area (Å²) < 4.78 is 2.47. The van der Waals surface area contributed by atoms with Crippen LogP contribution in [0.25, 0.3) is 43.7 Å². The van der Waals surface area contributed by atoms with Crippen LogP contribution in [0.3, 0.4) is 0 Å². The fraction of sp³-hybridized carbons (Fsp3) is 0.120. The highest BCUT2D eigenvalue weighted by molar-refractivity contribution is 6.14. The maximum absolute atomic E-state index is 2.47. The molecule has 4 aromatic carbocycles. The van der Waals surface area contributed by atoms with E-state index in [9.17, 15) is 0 Å². The lowest BCUT2D eigenvalue weighted by Crippen LogP contribution is -1.93. The van der Waals surface area contributed by atoms with Gasteiger partial charge < -0.3 is 4.57 Å². The largest absolute Gasteiger partial charge is 0.341 e. The topological polar surface area (TPSA) is 4.93 Å². The Labute approximate surface area is 152 Å². The van der Waals surface area contributed by atoms with E-state index in [-0.39, 0.29) is 0 Å². The second kappa shape index (κ2) is 4.98. The molecule has 0 atom stereocenters. The Morgan fingerprint density at radius 2 is 1.38 bits per heavy atom. The lowest BCUT2D eigenvalue weighted by molar-refractivity contribution is 0.827. The molecule has 124 valence electrons. The van der Waals surface area contributed by atoms with Crippen LogP contribution in [0.15, 0.2) is 72.8 Å². The molecule has 0 radical (unpaired) electrons. The van der Waals surface area contributed by atoms with Gasteiger partial charge in [-0.25, -0.2) is 0 Å². The van der Waals surface area contributed by atoms with Crippen LogP contribution in [-0.2, 0) is 13.0 Å². The first-order chi connectivity index (χ1) is 12.8. The van der Waals surface area contributed by atoms with Crippen molar-refractivity contribution < 1.29 is 0 Å². The summed E-state index contributed by atoms with van der Waals surface area (Å²) in [6, 6.07) is 27.1. The number of benzene rings is 4. The average Bonchev–Trinajstić information content (AvgIpc) is 3.19. The smallest absolute Gasteiger partial charge is 0.0497 e. The molecule has 1 aromatic heterocycles. The van der Waals surface area contributed by atoms with E-state index in [1.54, 1.807) is 0 Å². The predicted molar refractivity (Wildman–Crippen MR) is 111 cm³/mol. The monoisotopic (exact) mass is 333 g/mol. The molecule has 1 heteroatoms. The first-order valence-corrected chi connectivity index (χ1v) is 9.39. The van der Waals surface area contributed by atoms with Crippen molar-refractivity contribution >= 4 is 32.6 Å². The van der Waals surface area contributed by atoms with Crippen molar-refractivity contribution in [1.29, 1.82) is 0 Å². The Kier molecular flexibility index (Phi) is 2.71. The van der Waals surface area contributed by atoms with Gasteiger partial charge in [-0.05, 0) is 70.6 Å². The Morgan fingerprint density at radius 1 is 0.692 bits per heavy atom. The minimum absolute atomic E-state index is 0.985. The zero-order valence-electron chi connectivity index (χ0n) is 14.8. The zero-order chi connectivity index (χ0) is 17.3. The van der Waals surface area contributed by atoms with Crippen LogP contribution in [0.2, 0.25) is 0 Å². The molecule has 6 rings (SSSR count). The Hall–Kier alpha value is -3.06. The lowest BCUT2D eigenvalue weighted by atomic mass is 10.0. The van der Waals surface area contributed by atoms with Crippen molar-refractivity contribution in [3.8, 4) is 11.1 Å². The summed E-state index contributed by atoms with van der Waals surface area (Å²) in [5, 5.41) is 5.40. The van der Waals surface area contributed by atoms with Gasteiger partial charge in [0.05, 0.1) is 0 Å². The minimum Gasteiger partial charge on any atom is -0.341 e. The Balaban J connectivity index is 1.76. The number of aromatic nitrogens is 1. The van der Waals surface area contributed by atoms with Crippen molar-refractivity contribution in [2.24, 2.45) is 0 Å². The third-order valence-electron chi connectivity index (χ3n) is 5.96. The predicted octanol–water partition coefficient (Wildman–Crippen LogP) is 6.54. The van der Waals surface area contributed by atoms with Gasteiger partial charge in [0.25, 0.3) is 0 Å². The van der Waals surface area contributed by atoms with Crippen LogP contribution in [0.1, 0.15) is 18.1 Å². The summed E-state index contributed by atoms with van der Waals surface area (Å²) in [5.41, 5.74) is 8.43. The Bertz CT molecular complexity index is 1340. The van der Waals surface area contributed by atoms with Crippen molar-refractivity contribution in [2.75, 3.05) is 0 Å². The molecule has 26 heavy (non-hydrogen) atoms. The van der Waals surface area contributed by atoms with Gasteiger partial charge in [0, 0.05) is 28.4 Å². The maximum atomic E-state index is 2.47. The molecule has 0 spiro atoms. The van der Waals surface area contributed by atoms with E-state index in [1.165, 1.54) is 54.8 Å². The van der Waals surface area contributed by atoms with E-state index in [4.69, 9.17) is 0 Å². The lowest BCUT2D eigenvalue weighted by Gasteiger charge is -2.06. The van der Waals surface area contributed by atoms with E-state index < -0.39 is 0 Å². The van der Waals surface area contributed by atoms with Gasteiger partial charge in [-0.3, -0.25) is 0 Å². The molecular formula is C25H19N. The van der Waals surface area contributed by atoms with Gasteiger partial charge >= 0.3 is 0 Å². The molecule has 0 aliphatic heterocycles. The summed E-state index contributed by atoms with van der Waals surface area (Å²) in [6.07, 6.45) is 1.05. The van der Waals surface area contributed by atoms with Crippen LogP contribution in [0, 0.1) is 0 Å². The molecule has 0 bridgehead atoms. The van der Waals surface area contributed by atoms with Gasteiger partial charge in [0.15, 0.2) is 0 Å². The highest BCUT2D eigenvalue weighted by atomic mass is 15.0. The number of nitrogens with zero attached hydrogens (tertiary/aromatic N) is 1. The van der Waals surface area contributed by atoms with E-state index in [1.807, 2.05) is 0 Å². The summed E-state index contributed by atoms with van der Waals surface area (Å²) in [6.45, 7) is 3.23. The number of hydrogen-bond acceptors (Lipinski definition) is 0. The molecule has 1 aliphatic carbocycles. The van der Waals surface area contributed by atoms with Gasteiger partial charge in [-0.15, -0.1) is 0 Å². The summed E-state index contributed by atoms with van der Waals surface area (Å²) in [4.78, 5) is 0. The fourth-order valence-corrected chi connectivity index (χ4v) is 4.75. The average molecular weight is 333 g/mol. The van der Waals surface area contributed by atoms with Crippen molar-refractivity contribution in [1.82, 2.24) is 4.57 Å². The third-order valence-corrected chi connectivity index (χ3v) is 5.96. The quantitative estimate of drug-likeness (QED) is 0.322. The SMILES string of the molecule is CCn1c2cc3c(cc2c2cc4ccccc4cc21)Cc1ccccc1-3. The van der Waals surface area contributed by atoms with E-state index >= 15 is 0 Å². The molecule has 5 aromatic rings. The summed E-state index contributed by atoms with van der Waals surface area (Å²) in [5.74, 6) is 0. The van der Waals surface area contributed by atoms with Gasteiger partial charge in [-0.1, -0.05) is 48.5 Å². The summed E-state index contributed by atoms with van der Waals surface area (Å²) in [7, 11) is 0. The van der Waals surface area contributed by atoms with Crippen LogP contribution in [-0.4, -0.2) is 4.57 Å². The molecule has 0 unspecified atom stereocenters. The molecule has 1 nitrogen and oxygen atoms in total. The van der Waals surface area contributed by atoms with Crippen molar-refractivity contribution in [3.05, 3.63) is 83.9 Å². The molecular weight excluding hydrogens is 314 g/mol. The van der Waals surface area contributed by atoms with E-state index in [0.29, 0.717) is 0 Å². The first-order valence-electron chi connectivity index (χ1n) is 9.39. The second-order valence-corrected chi connectivity index (χ2v) is 7.32. The molecule has 1 heterocycles. The van der Waals surface area contributed by atoms with Gasteiger partial charge in [-0.2, -0.15) is 0 Å². The zero-order valence-corrected chi connectivity index (χ0v) is 14.8. The fourth-order valence-electron chi connectivity index (χ4n) is 4.75. The molecule has 0 amide bonds. The van der Waals surface area contributed by atoms with Crippen molar-refractivity contribution in [2.45, 2.75) is 19.9 Å². The van der Waals surface area contributed by atoms with Crippen LogP contribution >= 0.6 is 0 Å². The minimum atomic E-state index is 0.985. The Morgan fingerprint density at radius 3 is 2.23 bits per heavy atom. The number of rotatable bonds is 1. The molecule has 0 saturated heterocycles. The number of aryl methyl sites for hydroxylation is 1. The summed E-state index contributed by atoms with van der Waals surface area (Å²) >= 11 is 0. The molecule has 0 saturated carbocycles. The van der Waals surface area contributed by atoms with Crippen molar-refractivity contribution in [3.63, 3.8) is 0 Å². The van der Waals surface area contributed by atoms with Gasteiger partial charge in [0.2, 0.25) is 0 Å². The molecule has 1 aliphatic rings. The van der Waals surface area contributed by atoms with E-state index in [2.05, 4.69) is 84.3 Å². The normalized spacial score (nSPS) is 12.8. The first kappa shape index (κ1) is 14.1. The molecule has 0 fully saturated rings. The molecule has 0 N–H and O–H groups in total. The van der Waals surface area contributed by atoms with E-state index in [0.717, 1.165) is 13.0 Å². The number of hydrogen-bond donors (Lipinski definition) is 0. The van der Waals surface area contributed by atoms with Crippen LogP contribution in [0.4, 0.5) is 0 Å². The number of fused-ring (bicyclic) bond motifs is 7. The maximum Gasteiger partial charge on any atom is 0.0497 e. The van der Waals surface area contributed by atoms with Gasteiger partial charge in [0.1, 0.15) is 0 Å². The third kappa shape index (κ3) is 1.75. The second-order valence-electron chi connectivity index (χ2n) is 7.32. The highest BCUT2D eigenvalue weighted by Crippen LogP contribution is 2.41. The highest BCUT2D eigenvalue weighted by Gasteiger charge is 2.21.